The largest absolute Gasteiger partial charge is 0.492 e. The zero-order valence-electron chi connectivity index (χ0n) is 12.6. The fourth-order valence-electron chi connectivity index (χ4n) is 1.59. The maximum Gasteiger partial charge on any atom is 0.193 e. The van der Waals surface area contributed by atoms with Crippen LogP contribution >= 0.6 is 47.3 Å². The third-order valence-electron chi connectivity index (χ3n) is 2.67. The molecule has 0 bridgehead atoms. The number of nitrogens with one attached hydrogen (secondary N) is 1. The minimum Gasteiger partial charge on any atom is -0.492 e. The van der Waals surface area contributed by atoms with Gasteiger partial charge >= 0.3 is 0 Å². The van der Waals surface area contributed by atoms with E-state index in [0.29, 0.717) is 11.6 Å². The Labute approximate surface area is 153 Å². The molecule has 0 aliphatic heterocycles. The Bertz CT molecular complexity index is 417. The lowest BCUT2D eigenvalue weighted by Gasteiger charge is -2.22. The number of thioether (sulfide) groups is 1. The van der Waals surface area contributed by atoms with Gasteiger partial charge in [0.05, 0.1) is 6.54 Å². The van der Waals surface area contributed by atoms with Gasteiger partial charge in [-0.05, 0) is 30.5 Å². The van der Waals surface area contributed by atoms with Gasteiger partial charge < -0.3 is 15.0 Å². The lowest BCUT2D eigenvalue weighted by Crippen LogP contribution is -2.41. The Balaban J connectivity index is 0.00000400. The van der Waals surface area contributed by atoms with Crippen LogP contribution in [0.1, 0.15) is 0 Å². The molecule has 1 aromatic carbocycles. The normalized spacial score (nSPS) is 10.8. The van der Waals surface area contributed by atoms with E-state index in [4.69, 9.17) is 16.3 Å². The van der Waals surface area contributed by atoms with Crippen molar-refractivity contribution in [1.29, 1.82) is 0 Å². The van der Waals surface area contributed by atoms with Gasteiger partial charge in [0, 0.05) is 31.4 Å². The van der Waals surface area contributed by atoms with Crippen molar-refractivity contribution in [2.75, 3.05) is 45.8 Å². The summed E-state index contributed by atoms with van der Waals surface area (Å²) in [5, 5.41) is 4.02. The molecule has 0 aromatic heterocycles. The molecule has 0 atom stereocenters. The molecule has 1 aromatic rings. The smallest absolute Gasteiger partial charge is 0.193 e. The number of guanidine groups is 1. The number of aliphatic imine (C=N–C) groups is 1. The molecule has 0 spiro atoms. The number of rotatable bonds is 7. The van der Waals surface area contributed by atoms with Crippen LogP contribution in [-0.2, 0) is 0 Å². The first-order chi connectivity index (χ1) is 9.67. The van der Waals surface area contributed by atoms with E-state index >= 15 is 0 Å². The van der Waals surface area contributed by atoms with E-state index in [2.05, 4.69) is 21.5 Å². The Hall–Kier alpha value is -0.340. The van der Waals surface area contributed by atoms with Gasteiger partial charge in [-0.15, -0.1) is 24.0 Å². The zero-order valence-corrected chi connectivity index (χ0v) is 16.5. The summed E-state index contributed by atoms with van der Waals surface area (Å²) in [5.41, 5.74) is 0. The van der Waals surface area contributed by atoms with E-state index in [1.54, 1.807) is 7.05 Å². The van der Waals surface area contributed by atoms with Crippen LogP contribution in [0.3, 0.4) is 0 Å². The maximum atomic E-state index is 5.83. The minimum absolute atomic E-state index is 0. The van der Waals surface area contributed by atoms with Crippen molar-refractivity contribution in [3.8, 4) is 5.75 Å². The topological polar surface area (TPSA) is 36.9 Å². The Morgan fingerprint density at radius 3 is 2.62 bits per heavy atom. The molecule has 7 heteroatoms. The predicted octanol–water partition coefficient (Wildman–Crippen LogP) is 3.21. The van der Waals surface area contributed by atoms with Gasteiger partial charge in [0.1, 0.15) is 12.4 Å². The van der Waals surface area contributed by atoms with Crippen LogP contribution in [-0.4, -0.2) is 56.7 Å². The molecule has 120 valence electrons. The molecule has 0 aliphatic rings. The second-order valence-corrected chi connectivity index (χ2v) is 5.61. The monoisotopic (exact) mass is 443 g/mol. The van der Waals surface area contributed by atoms with E-state index in [-0.39, 0.29) is 24.0 Å². The van der Waals surface area contributed by atoms with Crippen LogP contribution in [0, 0.1) is 0 Å². The van der Waals surface area contributed by atoms with E-state index < -0.39 is 0 Å². The number of ether oxygens (including phenoxy) is 1. The van der Waals surface area contributed by atoms with Crippen molar-refractivity contribution < 1.29 is 4.74 Å². The Morgan fingerprint density at radius 1 is 1.38 bits per heavy atom. The second-order valence-electron chi connectivity index (χ2n) is 4.19. The second kappa shape index (κ2) is 12.2. The molecular weight excluding hydrogens is 421 g/mol. The molecule has 0 amide bonds. The third-order valence-corrected chi connectivity index (χ3v) is 3.54. The lowest BCUT2D eigenvalue weighted by atomic mass is 10.3. The number of hydrogen-bond donors (Lipinski definition) is 1. The molecule has 1 rings (SSSR count). The van der Waals surface area contributed by atoms with Gasteiger partial charge in [-0.3, -0.25) is 4.99 Å². The molecule has 0 saturated heterocycles. The molecule has 21 heavy (non-hydrogen) atoms. The summed E-state index contributed by atoms with van der Waals surface area (Å²) in [5.74, 6) is 2.78. The maximum absolute atomic E-state index is 5.83. The minimum atomic E-state index is 0. The van der Waals surface area contributed by atoms with Crippen molar-refractivity contribution in [2.45, 2.75) is 0 Å². The van der Waals surface area contributed by atoms with Crippen molar-refractivity contribution in [1.82, 2.24) is 10.2 Å². The van der Waals surface area contributed by atoms with Crippen LogP contribution in [0.4, 0.5) is 0 Å². The molecule has 1 N–H and O–H groups in total. The summed E-state index contributed by atoms with van der Waals surface area (Å²) in [6.07, 6.45) is 2.09. The first kappa shape index (κ1) is 20.7. The summed E-state index contributed by atoms with van der Waals surface area (Å²) >= 11 is 7.64. The zero-order chi connectivity index (χ0) is 14.8. The first-order valence-electron chi connectivity index (χ1n) is 6.46. The van der Waals surface area contributed by atoms with E-state index in [1.165, 1.54) is 0 Å². The Morgan fingerprint density at radius 2 is 2.05 bits per heavy atom. The Kier molecular flexibility index (Phi) is 12.0. The number of benzene rings is 1. The van der Waals surface area contributed by atoms with E-state index in [0.717, 1.165) is 30.6 Å². The highest BCUT2D eigenvalue weighted by molar-refractivity contribution is 14.0. The highest BCUT2D eigenvalue weighted by atomic mass is 127. The van der Waals surface area contributed by atoms with Gasteiger partial charge in [0.2, 0.25) is 0 Å². The van der Waals surface area contributed by atoms with Crippen LogP contribution in [0.25, 0.3) is 0 Å². The molecule has 0 saturated carbocycles. The van der Waals surface area contributed by atoms with Crippen LogP contribution < -0.4 is 10.1 Å². The SMILES string of the molecule is CN=C(NCCSC)N(C)CCOc1ccc(Cl)cc1.I. The summed E-state index contributed by atoms with van der Waals surface area (Å²) in [4.78, 5) is 6.30. The summed E-state index contributed by atoms with van der Waals surface area (Å²) in [6.45, 7) is 2.28. The van der Waals surface area contributed by atoms with E-state index in [1.807, 2.05) is 43.1 Å². The van der Waals surface area contributed by atoms with Gasteiger partial charge in [-0.2, -0.15) is 11.8 Å². The third kappa shape index (κ3) is 8.63. The summed E-state index contributed by atoms with van der Waals surface area (Å²) in [7, 11) is 3.79. The summed E-state index contributed by atoms with van der Waals surface area (Å²) in [6, 6.07) is 7.38. The fraction of sp³-hybridized carbons (Fsp3) is 0.500. The fourth-order valence-corrected chi connectivity index (χ4v) is 2.02. The lowest BCUT2D eigenvalue weighted by molar-refractivity contribution is 0.281. The molecule has 0 fully saturated rings. The highest BCUT2D eigenvalue weighted by Crippen LogP contribution is 2.15. The molecule has 0 heterocycles. The van der Waals surface area contributed by atoms with Crippen LogP contribution in [0.5, 0.6) is 5.75 Å². The number of likely N-dealkylation sites (N-methyl/N-ethyl adjacent to an activating group) is 1. The molecule has 4 nitrogen and oxygen atoms in total. The average Bonchev–Trinajstić information content (AvgIpc) is 2.45. The van der Waals surface area contributed by atoms with Crippen LogP contribution in [0.2, 0.25) is 5.02 Å². The standard InChI is InChI=1S/C14H22ClN3OS.HI/c1-16-14(17-8-11-20-3)18(2)9-10-19-13-6-4-12(15)5-7-13;/h4-7H,8-11H2,1-3H3,(H,16,17);1H. The molecular formula is C14H23ClIN3OS. The summed E-state index contributed by atoms with van der Waals surface area (Å²) < 4.78 is 5.66. The van der Waals surface area contributed by atoms with Crippen molar-refractivity contribution in [2.24, 2.45) is 4.99 Å². The molecule has 0 aliphatic carbocycles. The number of hydrogen-bond acceptors (Lipinski definition) is 3. The highest BCUT2D eigenvalue weighted by Gasteiger charge is 2.05. The van der Waals surface area contributed by atoms with Crippen molar-refractivity contribution >= 4 is 53.3 Å². The van der Waals surface area contributed by atoms with Crippen molar-refractivity contribution in [3.05, 3.63) is 29.3 Å². The van der Waals surface area contributed by atoms with Crippen molar-refractivity contribution in [3.63, 3.8) is 0 Å². The van der Waals surface area contributed by atoms with Gasteiger partial charge in [-0.1, -0.05) is 11.6 Å². The van der Waals surface area contributed by atoms with Gasteiger partial charge in [0.25, 0.3) is 0 Å². The van der Waals surface area contributed by atoms with Gasteiger partial charge in [-0.25, -0.2) is 0 Å². The molecule has 0 radical (unpaired) electrons. The number of nitrogens with zero attached hydrogens (tertiary/aromatic N) is 2. The average molecular weight is 444 g/mol. The van der Waals surface area contributed by atoms with Crippen LogP contribution in [0.15, 0.2) is 29.3 Å². The predicted molar refractivity (Wildman–Crippen MR) is 105 cm³/mol. The number of halogens is 2. The first-order valence-corrected chi connectivity index (χ1v) is 8.23. The molecule has 0 unspecified atom stereocenters. The van der Waals surface area contributed by atoms with E-state index in [9.17, 15) is 0 Å². The van der Waals surface area contributed by atoms with Gasteiger partial charge in [0.15, 0.2) is 5.96 Å². The quantitative estimate of drug-likeness (QED) is 0.304.